The summed E-state index contributed by atoms with van der Waals surface area (Å²) in [6.45, 7) is 4.55. The van der Waals surface area contributed by atoms with Crippen LogP contribution in [0.4, 0.5) is 5.69 Å². The maximum Gasteiger partial charge on any atom is 0.162 e. The molecule has 0 saturated carbocycles. The zero-order valence-electron chi connectivity index (χ0n) is 16.3. The molecule has 2 unspecified atom stereocenters. The Morgan fingerprint density at radius 2 is 1.96 bits per heavy atom. The molecular weight excluding hydrogens is 364 g/mol. The van der Waals surface area contributed by atoms with Gasteiger partial charge in [-0.1, -0.05) is 42.5 Å². The maximum absolute atomic E-state index is 12.4. The SMILES string of the molecule is O=C(CCCN1CCC2C(C1)c1cccc3c1N2CCCS3)c1ccccc1. The Bertz CT molecular complexity index is 853. The minimum atomic E-state index is 0.275. The van der Waals surface area contributed by atoms with Crippen LogP contribution in [-0.2, 0) is 0 Å². The third-order valence-corrected chi connectivity index (χ3v) is 7.69. The molecule has 3 heterocycles. The second-order valence-corrected chi connectivity index (χ2v) is 9.38. The lowest BCUT2D eigenvalue weighted by Crippen LogP contribution is -2.46. The molecule has 2 aromatic rings. The van der Waals surface area contributed by atoms with E-state index < -0.39 is 0 Å². The van der Waals surface area contributed by atoms with Gasteiger partial charge >= 0.3 is 0 Å². The fraction of sp³-hybridized carbons (Fsp3) is 0.458. The molecule has 0 amide bonds. The summed E-state index contributed by atoms with van der Waals surface area (Å²) in [5.74, 6) is 2.15. The molecule has 0 aliphatic carbocycles. The molecule has 2 atom stereocenters. The minimum Gasteiger partial charge on any atom is -0.367 e. The Hall–Kier alpha value is -1.78. The van der Waals surface area contributed by atoms with Crippen LogP contribution < -0.4 is 4.90 Å². The molecule has 1 fully saturated rings. The van der Waals surface area contributed by atoms with Crippen LogP contribution in [0, 0.1) is 0 Å². The molecule has 0 N–H and O–H groups in total. The van der Waals surface area contributed by atoms with Crippen molar-refractivity contribution < 1.29 is 4.79 Å². The van der Waals surface area contributed by atoms with Crippen LogP contribution in [-0.4, -0.2) is 48.7 Å². The van der Waals surface area contributed by atoms with Crippen molar-refractivity contribution in [1.82, 2.24) is 4.90 Å². The van der Waals surface area contributed by atoms with E-state index in [1.165, 1.54) is 30.0 Å². The number of thioether (sulfide) groups is 1. The third kappa shape index (κ3) is 3.37. The highest BCUT2D eigenvalue weighted by molar-refractivity contribution is 7.99. The molecule has 5 rings (SSSR count). The van der Waals surface area contributed by atoms with Crippen molar-refractivity contribution in [2.75, 3.05) is 36.8 Å². The molecule has 3 aliphatic heterocycles. The van der Waals surface area contributed by atoms with Gasteiger partial charge < -0.3 is 9.80 Å². The highest BCUT2D eigenvalue weighted by atomic mass is 32.2. The number of rotatable bonds is 5. The molecule has 0 aromatic heterocycles. The summed E-state index contributed by atoms with van der Waals surface area (Å²) >= 11 is 2.04. The molecule has 2 aromatic carbocycles. The quantitative estimate of drug-likeness (QED) is 0.681. The fourth-order valence-electron chi connectivity index (χ4n) is 5.24. The highest BCUT2D eigenvalue weighted by Crippen LogP contribution is 2.50. The number of fused-ring (bicyclic) bond motifs is 3. The van der Waals surface area contributed by atoms with Crippen LogP contribution in [0.15, 0.2) is 53.4 Å². The maximum atomic E-state index is 12.4. The summed E-state index contributed by atoms with van der Waals surface area (Å²) in [5, 5.41) is 0. The smallest absolute Gasteiger partial charge is 0.162 e. The van der Waals surface area contributed by atoms with E-state index in [9.17, 15) is 4.79 Å². The number of Topliss-reactive ketones (excluding diaryl/α,β-unsaturated/α-hetero) is 1. The standard InChI is InChI=1S/C24H28N2OS/c27-22(18-7-2-1-3-8-18)10-5-13-25-15-12-21-20(17-25)19-9-4-11-23-24(19)26(21)14-6-16-28-23/h1-4,7-9,11,20-21H,5-6,10,12-17H2. The number of hydrogen-bond donors (Lipinski definition) is 0. The topological polar surface area (TPSA) is 23.6 Å². The molecular formula is C24H28N2OS. The van der Waals surface area contributed by atoms with Crippen LogP contribution in [0.25, 0.3) is 0 Å². The van der Waals surface area contributed by atoms with Crippen molar-refractivity contribution >= 4 is 23.2 Å². The van der Waals surface area contributed by atoms with Gasteiger partial charge in [0.25, 0.3) is 0 Å². The van der Waals surface area contributed by atoms with E-state index in [1.54, 1.807) is 11.3 Å². The molecule has 3 aliphatic rings. The van der Waals surface area contributed by atoms with E-state index in [0.29, 0.717) is 18.4 Å². The second-order valence-electron chi connectivity index (χ2n) is 8.25. The predicted molar refractivity (Wildman–Crippen MR) is 117 cm³/mol. The summed E-state index contributed by atoms with van der Waals surface area (Å²) in [5.41, 5.74) is 3.96. The van der Waals surface area contributed by atoms with Gasteiger partial charge in [-0.3, -0.25) is 4.79 Å². The lowest BCUT2D eigenvalue weighted by atomic mass is 9.89. The summed E-state index contributed by atoms with van der Waals surface area (Å²) in [7, 11) is 0. The molecule has 146 valence electrons. The Morgan fingerprint density at radius 3 is 2.86 bits per heavy atom. The van der Waals surface area contributed by atoms with E-state index in [1.807, 2.05) is 42.1 Å². The van der Waals surface area contributed by atoms with E-state index in [-0.39, 0.29) is 5.78 Å². The van der Waals surface area contributed by atoms with Crippen molar-refractivity contribution in [2.24, 2.45) is 0 Å². The van der Waals surface area contributed by atoms with Gasteiger partial charge in [0.05, 0.1) is 5.69 Å². The fourth-order valence-corrected chi connectivity index (χ4v) is 6.28. The number of para-hydroxylation sites is 1. The summed E-state index contributed by atoms with van der Waals surface area (Å²) in [4.78, 5) is 19.2. The first-order valence-electron chi connectivity index (χ1n) is 10.6. The van der Waals surface area contributed by atoms with Crippen LogP contribution in [0.2, 0.25) is 0 Å². The number of nitrogens with zero attached hydrogens (tertiary/aromatic N) is 2. The van der Waals surface area contributed by atoms with Gasteiger partial charge in [-0.15, -0.1) is 11.8 Å². The number of carbonyl (C=O) groups excluding carboxylic acids is 1. The van der Waals surface area contributed by atoms with Gasteiger partial charge in [0.2, 0.25) is 0 Å². The Labute approximate surface area is 172 Å². The van der Waals surface area contributed by atoms with Gasteiger partial charge in [0.1, 0.15) is 0 Å². The summed E-state index contributed by atoms with van der Waals surface area (Å²) < 4.78 is 0. The molecule has 0 bridgehead atoms. The molecule has 0 radical (unpaired) electrons. The largest absolute Gasteiger partial charge is 0.367 e. The van der Waals surface area contributed by atoms with Crippen LogP contribution in [0.5, 0.6) is 0 Å². The van der Waals surface area contributed by atoms with Gasteiger partial charge in [-0.05, 0) is 43.2 Å². The Kier molecular flexibility index (Phi) is 5.17. The third-order valence-electron chi connectivity index (χ3n) is 6.55. The van der Waals surface area contributed by atoms with Crippen LogP contribution >= 0.6 is 11.8 Å². The zero-order chi connectivity index (χ0) is 18.9. The minimum absolute atomic E-state index is 0.275. The number of likely N-dealkylation sites (tertiary alicyclic amines) is 1. The van der Waals surface area contributed by atoms with E-state index >= 15 is 0 Å². The van der Waals surface area contributed by atoms with Crippen LogP contribution in [0.1, 0.15) is 47.5 Å². The van der Waals surface area contributed by atoms with E-state index in [2.05, 4.69) is 28.0 Å². The number of carbonyl (C=O) groups is 1. The van der Waals surface area contributed by atoms with Crippen molar-refractivity contribution in [3.05, 3.63) is 59.7 Å². The predicted octanol–water partition coefficient (Wildman–Crippen LogP) is 4.82. The zero-order valence-corrected chi connectivity index (χ0v) is 17.2. The number of benzene rings is 2. The number of anilines is 1. The van der Waals surface area contributed by atoms with E-state index in [0.717, 1.165) is 31.6 Å². The Morgan fingerprint density at radius 1 is 1.07 bits per heavy atom. The molecule has 0 spiro atoms. The molecule has 28 heavy (non-hydrogen) atoms. The lowest BCUT2D eigenvalue weighted by Gasteiger charge is -2.39. The first-order valence-corrected chi connectivity index (χ1v) is 11.6. The van der Waals surface area contributed by atoms with Crippen molar-refractivity contribution in [1.29, 1.82) is 0 Å². The van der Waals surface area contributed by atoms with Crippen LogP contribution in [0.3, 0.4) is 0 Å². The first kappa shape index (κ1) is 18.3. The second kappa shape index (κ2) is 7.92. The summed E-state index contributed by atoms with van der Waals surface area (Å²) in [6.07, 6.45) is 4.14. The molecule has 4 heteroatoms. The Balaban J connectivity index is 1.23. The normalized spacial score (nSPS) is 23.8. The monoisotopic (exact) mass is 392 g/mol. The first-order chi connectivity index (χ1) is 13.8. The molecule has 1 saturated heterocycles. The van der Waals surface area contributed by atoms with Crippen molar-refractivity contribution in [3.63, 3.8) is 0 Å². The average Bonchev–Trinajstić information content (AvgIpc) is 2.90. The summed E-state index contributed by atoms with van der Waals surface area (Å²) in [6, 6.07) is 17.3. The van der Waals surface area contributed by atoms with Gasteiger partial charge in [0, 0.05) is 48.5 Å². The number of hydrogen-bond acceptors (Lipinski definition) is 4. The van der Waals surface area contributed by atoms with Gasteiger partial charge in [-0.25, -0.2) is 0 Å². The lowest BCUT2D eigenvalue weighted by molar-refractivity contribution is 0.0971. The van der Waals surface area contributed by atoms with Gasteiger partial charge in [0.15, 0.2) is 5.78 Å². The van der Waals surface area contributed by atoms with Crippen molar-refractivity contribution in [2.45, 2.75) is 42.5 Å². The highest BCUT2D eigenvalue weighted by Gasteiger charge is 2.43. The van der Waals surface area contributed by atoms with Gasteiger partial charge in [-0.2, -0.15) is 0 Å². The molecule has 3 nitrogen and oxygen atoms in total. The van der Waals surface area contributed by atoms with Crippen molar-refractivity contribution in [3.8, 4) is 0 Å². The average molecular weight is 393 g/mol. The number of ketones is 1. The number of piperidine rings is 1. The van der Waals surface area contributed by atoms with E-state index in [4.69, 9.17) is 0 Å².